The molecule has 0 fully saturated rings. The third-order valence-electron chi connectivity index (χ3n) is 3.13. The highest BCUT2D eigenvalue weighted by Crippen LogP contribution is 2.26. The number of carbonyl (C=O) groups excluding carboxylic acids is 1. The van der Waals surface area contributed by atoms with Crippen LogP contribution in [0.5, 0.6) is 11.5 Å². The van der Waals surface area contributed by atoms with Crippen molar-refractivity contribution in [2.75, 3.05) is 7.11 Å². The van der Waals surface area contributed by atoms with Crippen LogP contribution in [0.4, 0.5) is 5.69 Å². The van der Waals surface area contributed by atoms with Gasteiger partial charge in [-0.3, -0.25) is 10.1 Å². The Hall–Kier alpha value is -3.42. The predicted octanol–water partition coefficient (Wildman–Crippen LogP) is 2.96. The van der Waals surface area contributed by atoms with Crippen molar-refractivity contribution in [3.63, 3.8) is 0 Å². The largest absolute Gasteiger partial charge is 0.497 e. The summed E-state index contributed by atoms with van der Waals surface area (Å²) in [6.45, 7) is 0. The Balaban J connectivity index is 1.94. The summed E-state index contributed by atoms with van der Waals surface area (Å²) in [5, 5.41) is 11.1. The smallest absolute Gasteiger partial charge is 0.350 e. The van der Waals surface area contributed by atoms with E-state index in [9.17, 15) is 14.9 Å². The number of nitrogens with zero attached hydrogens (tertiary/aromatic N) is 2. The summed E-state index contributed by atoms with van der Waals surface area (Å²) in [6, 6.07) is 8.45. The fourth-order valence-electron chi connectivity index (χ4n) is 2.03. The van der Waals surface area contributed by atoms with Crippen molar-refractivity contribution in [1.82, 2.24) is 4.98 Å². The van der Waals surface area contributed by atoms with Crippen molar-refractivity contribution in [3.05, 3.63) is 58.5 Å². The number of benzene rings is 2. The molecule has 1 aromatic heterocycles. The van der Waals surface area contributed by atoms with Gasteiger partial charge in [0, 0.05) is 18.2 Å². The monoisotopic (exact) mass is 314 g/mol. The number of hydrogen-bond donors (Lipinski definition) is 0. The van der Waals surface area contributed by atoms with E-state index in [-0.39, 0.29) is 17.0 Å². The quantitative estimate of drug-likeness (QED) is 0.315. The van der Waals surface area contributed by atoms with E-state index < -0.39 is 10.9 Å². The van der Waals surface area contributed by atoms with Gasteiger partial charge >= 0.3 is 5.97 Å². The summed E-state index contributed by atoms with van der Waals surface area (Å²) in [4.78, 5) is 26.6. The van der Waals surface area contributed by atoms with E-state index >= 15 is 0 Å². The summed E-state index contributed by atoms with van der Waals surface area (Å²) in [5.41, 5.74) is 0.487. The number of nitro benzene ring substituents is 1. The zero-order chi connectivity index (χ0) is 16.4. The Labute approximate surface area is 129 Å². The number of esters is 1. The Kier molecular flexibility index (Phi) is 3.63. The molecule has 2 aromatic carbocycles. The molecule has 8 nitrogen and oxygen atoms in total. The van der Waals surface area contributed by atoms with Gasteiger partial charge in [-0.1, -0.05) is 0 Å². The van der Waals surface area contributed by atoms with E-state index in [4.69, 9.17) is 13.9 Å². The van der Waals surface area contributed by atoms with E-state index in [2.05, 4.69) is 4.98 Å². The second kappa shape index (κ2) is 5.76. The Morgan fingerprint density at radius 1 is 1.22 bits per heavy atom. The van der Waals surface area contributed by atoms with E-state index in [1.165, 1.54) is 43.8 Å². The average Bonchev–Trinajstić information content (AvgIpc) is 3.01. The number of rotatable bonds is 4. The summed E-state index contributed by atoms with van der Waals surface area (Å²) < 4.78 is 15.3. The van der Waals surface area contributed by atoms with Crippen molar-refractivity contribution < 1.29 is 23.6 Å². The molecule has 0 aliphatic rings. The van der Waals surface area contributed by atoms with Crippen LogP contribution in [0.25, 0.3) is 11.1 Å². The van der Waals surface area contributed by atoms with Crippen LogP contribution in [-0.4, -0.2) is 23.0 Å². The molecule has 0 saturated heterocycles. The van der Waals surface area contributed by atoms with Crippen LogP contribution in [0.2, 0.25) is 0 Å². The Bertz CT molecular complexity index is 902. The standard InChI is InChI=1S/C15H10N2O6/c1-21-9-2-4-13(17(19)20)11(6-9)15(18)23-10-3-5-14-12(7-10)16-8-22-14/h2-8H,1H3. The minimum absolute atomic E-state index is 0.199. The summed E-state index contributed by atoms with van der Waals surface area (Å²) in [6.07, 6.45) is 1.27. The van der Waals surface area contributed by atoms with Crippen LogP contribution >= 0.6 is 0 Å². The van der Waals surface area contributed by atoms with Crippen LogP contribution in [0.3, 0.4) is 0 Å². The minimum Gasteiger partial charge on any atom is -0.497 e. The first kappa shape index (κ1) is 14.5. The summed E-state index contributed by atoms with van der Waals surface area (Å²) in [7, 11) is 1.40. The van der Waals surface area contributed by atoms with Gasteiger partial charge in [0.25, 0.3) is 5.69 Å². The Morgan fingerprint density at radius 3 is 2.74 bits per heavy atom. The zero-order valence-electron chi connectivity index (χ0n) is 11.9. The van der Waals surface area contributed by atoms with Gasteiger partial charge in [-0.15, -0.1) is 0 Å². The van der Waals surface area contributed by atoms with E-state index in [1.807, 2.05) is 0 Å². The molecule has 0 saturated carbocycles. The van der Waals surface area contributed by atoms with Gasteiger partial charge in [0.05, 0.1) is 12.0 Å². The number of carbonyl (C=O) groups is 1. The third kappa shape index (κ3) is 2.82. The van der Waals surface area contributed by atoms with Crippen LogP contribution in [0.15, 0.2) is 47.2 Å². The van der Waals surface area contributed by atoms with Gasteiger partial charge in [0.1, 0.15) is 22.6 Å². The number of methoxy groups -OCH3 is 1. The molecule has 8 heteroatoms. The molecular weight excluding hydrogens is 304 g/mol. The molecule has 0 aliphatic carbocycles. The second-order valence-corrected chi connectivity index (χ2v) is 4.51. The molecule has 0 aliphatic heterocycles. The molecule has 0 radical (unpaired) electrons. The van der Waals surface area contributed by atoms with E-state index in [1.54, 1.807) is 6.07 Å². The van der Waals surface area contributed by atoms with E-state index in [0.29, 0.717) is 16.8 Å². The minimum atomic E-state index is -0.863. The molecule has 116 valence electrons. The van der Waals surface area contributed by atoms with Crippen molar-refractivity contribution in [3.8, 4) is 11.5 Å². The topological polar surface area (TPSA) is 105 Å². The number of ether oxygens (including phenoxy) is 2. The number of fused-ring (bicyclic) bond motifs is 1. The van der Waals surface area contributed by atoms with Crippen LogP contribution in [-0.2, 0) is 0 Å². The van der Waals surface area contributed by atoms with Gasteiger partial charge in [-0.2, -0.15) is 0 Å². The zero-order valence-corrected chi connectivity index (χ0v) is 11.9. The number of aromatic nitrogens is 1. The van der Waals surface area contributed by atoms with Crippen molar-refractivity contribution in [2.24, 2.45) is 0 Å². The molecule has 3 aromatic rings. The van der Waals surface area contributed by atoms with Crippen molar-refractivity contribution in [1.29, 1.82) is 0 Å². The highest BCUT2D eigenvalue weighted by molar-refractivity contribution is 5.96. The first-order valence-corrected chi connectivity index (χ1v) is 6.46. The lowest BCUT2D eigenvalue weighted by atomic mass is 10.1. The summed E-state index contributed by atoms with van der Waals surface area (Å²) in [5.74, 6) is -0.346. The number of hydrogen-bond acceptors (Lipinski definition) is 7. The molecule has 1 heterocycles. The van der Waals surface area contributed by atoms with E-state index in [0.717, 1.165) is 0 Å². The molecule has 0 unspecified atom stereocenters. The number of oxazole rings is 1. The third-order valence-corrected chi connectivity index (χ3v) is 3.13. The first-order chi connectivity index (χ1) is 11.1. The molecule has 3 rings (SSSR count). The maximum Gasteiger partial charge on any atom is 0.350 e. The molecular formula is C15H10N2O6. The molecule has 0 amide bonds. The highest BCUT2D eigenvalue weighted by atomic mass is 16.6. The van der Waals surface area contributed by atoms with Gasteiger partial charge in [-0.05, 0) is 18.2 Å². The molecule has 0 bridgehead atoms. The molecule has 0 atom stereocenters. The molecule has 0 N–H and O–H groups in total. The van der Waals surface area contributed by atoms with Gasteiger partial charge in [-0.25, -0.2) is 9.78 Å². The van der Waals surface area contributed by atoms with Crippen LogP contribution < -0.4 is 9.47 Å². The SMILES string of the molecule is COc1ccc([N+](=O)[O-])c(C(=O)Oc2ccc3ocnc3c2)c1. The van der Waals surface area contributed by atoms with Crippen molar-refractivity contribution in [2.45, 2.75) is 0 Å². The lowest BCUT2D eigenvalue weighted by molar-refractivity contribution is -0.385. The fourth-order valence-corrected chi connectivity index (χ4v) is 2.03. The average molecular weight is 314 g/mol. The lowest BCUT2D eigenvalue weighted by Gasteiger charge is -2.06. The van der Waals surface area contributed by atoms with Gasteiger partial charge < -0.3 is 13.9 Å². The van der Waals surface area contributed by atoms with Gasteiger partial charge in [0.2, 0.25) is 0 Å². The highest BCUT2D eigenvalue weighted by Gasteiger charge is 2.23. The van der Waals surface area contributed by atoms with Crippen molar-refractivity contribution >= 4 is 22.8 Å². The normalized spacial score (nSPS) is 10.5. The second-order valence-electron chi connectivity index (χ2n) is 4.51. The van der Waals surface area contributed by atoms with Crippen LogP contribution in [0, 0.1) is 10.1 Å². The van der Waals surface area contributed by atoms with Gasteiger partial charge in [0.15, 0.2) is 12.0 Å². The first-order valence-electron chi connectivity index (χ1n) is 6.46. The number of nitro groups is 1. The lowest BCUT2D eigenvalue weighted by Crippen LogP contribution is -2.11. The maximum atomic E-state index is 12.3. The summed E-state index contributed by atoms with van der Waals surface area (Å²) >= 11 is 0. The Morgan fingerprint density at radius 2 is 2.00 bits per heavy atom. The predicted molar refractivity (Wildman–Crippen MR) is 78.6 cm³/mol. The fraction of sp³-hybridized carbons (Fsp3) is 0.0667. The maximum absolute atomic E-state index is 12.3. The molecule has 0 spiro atoms. The van der Waals surface area contributed by atoms with Crippen LogP contribution in [0.1, 0.15) is 10.4 Å². The molecule has 23 heavy (non-hydrogen) atoms.